The first-order valence-corrected chi connectivity index (χ1v) is 10.7. The maximum atomic E-state index is 5.71. The van der Waals surface area contributed by atoms with E-state index in [-0.39, 0.29) is 0 Å². The third-order valence-electron chi connectivity index (χ3n) is 5.71. The number of para-hydroxylation sites is 1. The number of aromatic nitrogens is 3. The number of methoxy groups -OCH3 is 1. The Kier molecular flexibility index (Phi) is 5.44. The van der Waals surface area contributed by atoms with Gasteiger partial charge in [-0.05, 0) is 25.1 Å². The summed E-state index contributed by atoms with van der Waals surface area (Å²) in [5.74, 6) is 0.781. The molecule has 0 unspecified atom stereocenters. The molecule has 0 bridgehead atoms. The van der Waals surface area contributed by atoms with Gasteiger partial charge in [-0.15, -0.1) is 0 Å². The fourth-order valence-electron chi connectivity index (χ4n) is 4.16. The summed E-state index contributed by atoms with van der Waals surface area (Å²) in [5.41, 5.74) is 4.92. The molecule has 5 rings (SSSR count). The van der Waals surface area contributed by atoms with E-state index in [2.05, 4.69) is 52.5 Å². The third kappa shape index (κ3) is 3.94. The second-order valence-corrected chi connectivity index (χ2v) is 7.92. The number of hydrogen-bond donors (Lipinski definition) is 1. The largest absolute Gasteiger partial charge is 0.491 e. The van der Waals surface area contributed by atoms with Gasteiger partial charge in [-0.1, -0.05) is 18.2 Å². The lowest BCUT2D eigenvalue weighted by Gasteiger charge is -2.34. The van der Waals surface area contributed by atoms with Gasteiger partial charge in [0.2, 0.25) is 0 Å². The molecule has 0 spiro atoms. The second kappa shape index (κ2) is 8.53. The van der Waals surface area contributed by atoms with Crippen LogP contribution < -0.4 is 15.0 Å². The summed E-state index contributed by atoms with van der Waals surface area (Å²) in [6.07, 6.45) is 3.85. The number of ether oxygens (including phenoxy) is 2. The number of nitrogens with one attached hydrogen (secondary N) is 1. The van der Waals surface area contributed by atoms with Crippen molar-refractivity contribution in [1.82, 2.24) is 19.7 Å². The molecule has 1 aromatic carbocycles. The Morgan fingerprint density at radius 2 is 2.10 bits per heavy atom. The molecule has 1 saturated heterocycles. The Labute approximate surface area is 181 Å². The summed E-state index contributed by atoms with van der Waals surface area (Å²) in [6, 6.07) is 15.0. The van der Waals surface area contributed by atoms with Crippen LogP contribution in [0.5, 0.6) is 5.75 Å². The average Bonchev–Trinajstić information content (AvgIpc) is 3.22. The summed E-state index contributed by atoms with van der Waals surface area (Å²) < 4.78 is 12.8. The second-order valence-electron chi connectivity index (χ2n) is 7.92. The molecular formula is C24H27N5O2. The SMILES string of the molecule is COCCOc1ccn2c(-c3ccc4cccc(N5CCN[C@H](C)C5)c4n3)cnc2c1. The predicted molar refractivity (Wildman–Crippen MR) is 123 cm³/mol. The lowest BCUT2D eigenvalue weighted by Crippen LogP contribution is -2.49. The standard InChI is InChI=1S/C24H27N5O2/c1-17-16-28(11-9-25-17)21-5-3-4-18-6-7-20(27-24(18)21)22-15-26-23-14-19(8-10-29(22)23)31-13-12-30-2/h3-8,10,14-15,17,25H,9,11-13,16H2,1-2H3/t17-/m1/s1. The number of fused-ring (bicyclic) bond motifs is 2. The van der Waals surface area contributed by atoms with E-state index in [1.807, 2.05) is 28.9 Å². The normalized spacial score (nSPS) is 16.8. The molecule has 3 aromatic heterocycles. The number of pyridine rings is 2. The van der Waals surface area contributed by atoms with Gasteiger partial charge in [0.05, 0.1) is 35.4 Å². The van der Waals surface area contributed by atoms with Crippen LogP contribution in [-0.2, 0) is 4.74 Å². The van der Waals surface area contributed by atoms with E-state index in [1.54, 1.807) is 7.11 Å². The van der Waals surface area contributed by atoms with Crippen molar-refractivity contribution in [2.45, 2.75) is 13.0 Å². The van der Waals surface area contributed by atoms with Gasteiger partial charge >= 0.3 is 0 Å². The average molecular weight is 418 g/mol. The molecule has 0 aliphatic carbocycles. The molecule has 0 saturated carbocycles. The highest BCUT2D eigenvalue weighted by atomic mass is 16.5. The van der Waals surface area contributed by atoms with Crippen LogP contribution in [0.3, 0.4) is 0 Å². The van der Waals surface area contributed by atoms with Crippen molar-refractivity contribution in [2.24, 2.45) is 0 Å². The van der Waals surface area contributed by atoms with E-state index in [0.29, 0.717) is 19.3 Å². The van der Waals surface area contributed by atoms with Crippen molar-refractivity contribution in [3.8, 4) is 17.1 Å². The van der Waals surface area contributed by atoms with Crippen LogP contribution in [0.25, 0.3) is 27.9 Å². The van der Waals surface area contributed by atoms with Crippen LogP contribution >= 0.6 is 0 Å². The summed E-state index contributed by atoms with van der Waals surface area (Å²) in [6.45, 7) is 6.24. The highest BCUT2D eigenvalue weighted by Gasteiger charge is 2.19. The van der Waals surface area contributed by atoms with Gasteiger partial charge in [0, 0.05) is 50.4 Å². The monoisotopic (exact) mass is 417 g/mol. The van der Waals surface area contributed by atoms with Crippen LogP contribution in [0.1, 0.15) is 6.92 Å². The highest BCUT2D eigenvalue weighted by Crippen LogP contribution is 2.29. The molecule has 4 heterocycles. The molecule has 1 aliphatic heterocycles. The molecule has 1 aliphatic rings. The zero-order chi connectivity index (χ0) is 21.2. The fraction of sp³-hybridized carbons (Fsp3) is 0.333. The summed E-state index contributed by atoms with van der Waals surface area (Å²) in [4.78, 5) is 12.1. The summed E-state index contributed by atoms with van der Waals surface area (Å²) >= 11 is 0. The van der Waals surface area contributed by atoms with Crippen molar-refractivity contribution in [3.05, 3.63) is 54.9 Å². The van der Waals surface area contributed by atoms with E-state index in [1.165, 1.54) is 5.69 Å². The van der Waals surface area contributed by atoms with Crippen LogP contribution in [0.15, 0.2) is 54.9 Å². The van der Waals surface area contributed by atoms with E-state index in [9.17, 15) is 0 Å². The minimum atomic E-state index is 0.464. The number of nitrogens with zero attached hydrogens (tertiary/aromatic N) is 4. The van der Waals surface area contributed by atoms with Crippen molar-refractivity contribution >= 4 is 22.2 Å². The molecule has 31 heavy (non-hydrogen) atoms. The van der Waals surface area contributed by atoms with Gasteiger partial charge in [-0.25, -0.2) is 9.97 Å². The minimum absolute atomic E-state index is 0.464. The molecule has 7 nitrogen and oxygen atoms in total. The molecule has 0 amide bonds. The van der Waals surface area contributed by atoms with Crippen LogP contribution in [0.4, 0.5) is 5.69 Å². The number of benzene rings is 1. The molecule has 160 valence electrons. The first-order chi connectivity index (χ1) is 15.2. The van der Waals surface area contributed by atoms with Crippen molar-refractivity contribution in [3.63, 3.8) is 0 Å². The fourth-order valence-corrected chi connectivity index (χ4v) is 4.16. The molecule has 0 radical (unpaired) electrons. The van der Waals surface area contributed by atoms with Crippen LogP contribution in [-0.4, -0.2) is 60.4 Å². The van der Waals surface area contributed by atoms with Crippen LogP contribution in [0, 0.1) is 0 Å². The van der Waals surface area contributed by atoms with Gasteiger partial charge in [-0.3, -0.25) is 4.40 Å². The number of anilines is 1. The topological polar surface area (TPSA) is 63.9 Å². The minimum Gasteiger partial charge on any atom is -0.491 e. The smallest absolute Gasteiger partial charge is 0.140 e. The molecule has 1 atom stereocenters. The summed E-state index contributed by atoms with van der Waals surface area (Å²) in [7, 11) is 1.66. The van der Waals surface area contributed by atoms with E-state index >= 15 is 0 Å². The van der Waals surface area contributed by atoms with Crippen molar-refractivity contribution in [2.75, 3.05) is 44.9 Å². The molecule has 7 heteroatoms. The third-order valence-corrected chi connectivity index (χ3v) is 5.71. The Hall–Kier alpha value is -3.16. The van der Waals surface area contributed by atoms with Crippen LogP contribution in [0.2, 0.25) is 0 Å². The molecular weight excluding hydrogens is 390 g/mol. The number of imidazole rings is 1. The first-order valence-electron chi connectivity index (χ1n) is 10.7. The van der Waals surface area contributed by atoms with Crippen molar-refractivity contribution in [1.29, 1.82) is 0 Å². The Balaban J connectivity index is 1.51. The van der Waals surface area contributed by atoms with E-state index in [4.69, 9.17) is 14.5 Å². The lowest BCUT2D eigenvalue weighted by molar-refractivity contribution is 0.146. The Morgan fingerprint density at radius 1 is 1.16 bits per heavy atom. The first kappa shape index (κ1) is 19.8. The van der Waals surface area contributed by atoms with Gasteiger partial charge in [0.25, 0.3) is 0 Å². The molecule has 1 N–H and O–H groups in total. The van der Waals surface area contributed by atoms with Gasteiger partial charge in [0.15, 0.2) is 0 Å². The zero-order valence-electron chi connectivity index (χ0n) is 17.9. The van der Waals surface area contributed by atoms with E-state index in [0.717, 1.165) is 53.3 Å². The van der Waals surface area contributed by atoms with Gasteiger partial charge < -0.3 is 19.7 Å². The molecule has 1 fully saturated rings. The Morgan fingerprint density at radius 3 is 2.97 bits per heavy atom. The predicted octanol–water partition coefficient (Wildman–Crippen LogP) is 3.37. The molecule has 4 aromatic rings. The Bertz CT molecular complexity index is 1210. The maximum absolute atomic E-state index is 5.71. The van der Waals surface area contributed by atoms with Crippen molar-refractivity contribution < 1.29 is 9.47 Å². The number of piperazine rings is 1. The summed E-state index contributed by atoms with van der Waals surface area (Å²) in [5, 5.41) is 4.66. The zero-order valence-corrected chi connectivity index (χ0v) is 17.9. The quantitative estimate of drug-likeness (QED) is 0.486. The highest BCUT2D eigenvalue weighted by molar-refractivity contribution is 5.92. The maximum Gasteiger partial charge on any atom is 0.140 e. The lowest BCUT2D eigenvalue weighted by atomic mass is 10.1. The number of rotatable bonds is 6. The van der Waals surface area contributed by atoms with Gasteiger partial charge in [0.1, 0.15) is 18.0 Å². The van der Waals surface area contributed by atoms with E-state index < -0.39 is 0 Å². The van der Waals surface area contributed by atoms with Gasteiger partial charge in [-0.2, -0.15) is 0 Å². The number of hydrogen-bond acceptors (Lipinski definition) is 6.